The van der Waals surface area contributed by atoms with Gasteiger partial charge in [-0.1, -0.05) is 36.4 Å². The van der Waals surface area contributed by atoms with E-state index in [9.17, 15) is 14.3 Å². The number of anilines is 1. The number of aryl methyl sites for hydroxylation is 1. The molecule has 39 heavy (non-hydrogen) atoms. The Balaban J connectivity index is 1.29. The number of aliphatic hydroxyl groups is 1. The molecule has 2 aromatic heterocycles. The van der Waals surface area contributed by atoms with Gasteiger partial charge in [-0.25, -0.2) is 19.0 Å². The first-order chi connectivity index (χ1) is 18.7. The standard InChI is InChI=1S/C30H32FN5O3/c1-19-10-11-22(39-15-7-13-30(2,3)38)17-23(19)21-12-14-32-25(16-21)33-29(37)28-34-26-18-24(31)27(36(26)35-28)20-8-5-4-6-9-20/h4-6,8-12,14,16-17,24,27,38H,7,13,15,18H2,1-3H3,(H,32,33,37). The van der Waals surface area contributed by atoms with Crippen LogP contribution in [0.5, 0.6) is 5.75 Å². The number of carbonyl (C=O) groups excluding carboxylic acids is 1. The lowest BCUT2D eigenvalue weighted by atomic mass is 10.0. The van der Waals surface area contributed by atoms with Crippen LogP contribution < -0.4 is 10.1 Å². The Morgan fingerprint density at radius 1 is 1.18 bits per heavy atom. The third kappa shape index (κ3) is 6.15. The summed E-state index contributed by atoms with van der Waals surface area (Å²) in [5, 5.41) is 17.0. The monoisotopic (exact) mass is 529 g/mol. The van der Waals surface area contributed by atoms with Crippen LogP contribution in [0.25, 0.3) is 11.1 Å². The SMILES string of the molecule is Cc1ccc(OCCCC(C)(C)O)cc1-c1ccnc(NC(=O)c2nc3n(n2)C(c2ccccc2)C(F)C3)c1. The number of amides is 1. The van der Waals surface area contributed by atoms with E-state index < -0.39 is 23.7 Å². The second kappa shape index (κ2) is 10.9. The lowest BCUT2D eigenvalue weighted by Crippen LogP contribution is -2.19. The number of hydrogen-bond acceptors (Lipinski definition) is 6. The van der Waals surface area contributed by atoms with Crippen LogP contribution in [-0.4, -0.2) is 49.1 Å². The summed E-state index contributed by atoms with van der Waals surface area (Å²) in [5.74, 6) is 0.987. The Hall–Kier alpha value is -4.11. The number of pyridine rings is 1. The van der Waals surface area contributed by atoms with Gasteiger partial charge in [-0.3, -0.25) is 4.79 Å². The number of hydrogen-bond donors (Lipinski definition) is 2. The maximum atomic E-state index is 14.7. The summed E-state index contributed by atoms with van der Waals surface area (Å²) in [6, 6.07) is 18.2. The van der Waals surface area contributed by atoms with Crippen molar-refractivity contribution in [3.63, 3.8) is 0 Å². The first-order valence-electron chi connectivity index (χ1n) is 13.1. The molecular weight excluding hydrogens is 497 g/mol. The smallest absolute Gasteiger partial charge is 0.296 e. The number of carbonyl (C=O) groups is 1. The Bertz CT molecular complexity index is 1470. The molecule has 202 valence electrons. The summed E-state index contributed by atoms with van der Waals surface area (Å²) >= 11 is 0. The molecule has 3 heterocycles. The highest BCUT2D eigenvalue weighted by Crippen LogP contribution is 2.33. The predicted molar refractivity (Wildman–Crippen MR) is 147 cm³/mol. The van der Waals surface area contributed by atoms with Crippen LogP contribution in [0.4, 0.5) is 10.2 Å². The van der Waals surface area contributed by atoms with Gasteiger partial charge in [0.15, 0.2) is 0 Å². The van der Waals surface area contributed by atoms with Crippen molar-refractivity contribution in [2.75, 3.05) is 11.9 Å². The Morgan fingerprint density at radius 3 is 2.74 bits per heavy atom. The number of nitrogens with one attached hydrogen (secondary N) is 1. The van der Waals surface area contributed by atoms with E-state index in [4.69, 9.17) is 4.74 Å². The topological polar surface area (TPSA) is 102 Å². The minimum Gasteiger partial charge on any atom is -0.494 e. The number of rotatable bonds is 9. The molecule has 2 atom stereocenters. The van der Waals surface area contributed by atoms with E-state index >= 15 is 0 Å². The molecule has 0 fully saturated rings. The summed E-state index contributed by atoms with van der Waals surface area (Å²) in [5.41, 5.74) is 2.93. The molecule has 0 radical (unpaired) electrons. The minimum atomic E-state index is -1.15. The fraction of sp³-hybridized carbons (Fsp3) is 0.333. The summed E-state index contributed by atoms with van der Waals surface area (Å²) in [7, 11) is 0. The molecule has 4 aromatic rings. The van der Waals surface area contributed by atoms with Gasteiger partial charge < -0.3 is 15.2 Å². The minimum absolute atomic E-state index is 0.0253. The number of halogens is 1. The van der Waals surface area contributed by atoms with Crippen molar-refractivity contribution < 1.29 is 19.0 Å². The predicted octanol–water partition coefficient (Wildman–Crippen LogP) is 5.31. The van der Waals surface area contributed by atoms with Gasteiger partial charge in [0.1, 0.15) is 29.6 Å². The fourth-order valence-electron chi connectivity index (χ4n) is 4.79. The van der Waals surface area contributed by atoms with E-state index in [0.717, 1.165) is 34.4 Å². The van der Waals surface area contributed by atoms with Gasteiger partial charge in [-0.15, -0.1) is 5.10 Å². The molecule has 0 bridgehead atoms. The van der Waals surface area contributed by atoms with E-state index in [2.05, 4.69) is 20.4 Å². The van der Waals surface area contributed by atoms with E-state index in [1.807, 2.05) is 61.5 Å². The molecule has 0 spiro atoms. The molecule has 8 nitrogen and oxygen atoms in total. The summed E-state index contributed by atoms with van der Waals surface area (Å²) in [6.07, 6.45) is 1.96. The molecule has 2 N–H and O–H groups in total. The highest BCUT2D eigenvalue weighted by Gasteiger charge is 2.37. The van der Waals surface area contributed by atoms with E-state index in [1.54, 1.807) is 26.1 Å². The van der Waals surface area contributed by atoms with Crippen LogP contribution in [-0.2, 0) is 6.42 Å². The summed E-state index contributed by atoms with van der Waals surface area (Å²) in [6.45, 7) is 6.07. The average Bonchev–Trinajstić information content (AvgIpc) is 3.44. The Morgan fingerprint density at radius 2 is 1.97 bits per heavy atom. The molecule has 1 aliphatic heterocycles. The quantitative estimate of drug-likeness (QED) is 0.285. The van der Waals surface area contributed by atoms with Gasteiger partial charge in [0.2, 0.25) is 5.82 Å². The van der Waals surface area contributed by atoms with Gasteiger partial charge in [-0.2, -0.15) is 0 Å². The highest BCUT2D eigenvalue weighted by atomic mass is 19.1. The number of fused-ring (bicyclic) bond motifs is 1. The second-order valence-corrected chi connectivity index (χ2v) is 10.5. The largest absolute Gasteiger partial charge is 0.494 e. The van der Waals surface area contributed by atoms with Crippen molar-refractivity contribution in [1.29, 1.82) is 0 Å². The first kappa shape index (κ1) is 26.5. The number of nitrogens with zero attached hydrogens (tertiary/aromatic N) is 4. The van der Waals surface area contributed by atoms with E-state index in [-0.39, 0.29) is 12.2 Å². The molecule has 0 saturated carbocycles. The molecular formula is C30H32FN5O3. The van der Waals surface area contributed by atoms with Crippen molar-refractivity contribution in [3.05, 3.63) is 89.6 Å². The maximum Gasteiger partial charge on any atom is 0.296 e. The van der Waals surface area contributed by atoms with Crippen LogP contribution in [0, 0.1) is 6.92 Å². The van der Waals surface area contributed by atoms with Gasteiger partial charge in [-0.05, 0) is 80.1 Å². The van der Waals surface area contributed by atoms with Crippen molar-refractivity contribution in [2.24, 2.45) is 0 Å². The first-order valence-corrected chi connectivity index (χ1v) is 13.1. The highest BCUT2D eigenvalue weighted by molar-refractivity contribution is 6.01. The van der Waals surface area contributed by atoms with Crippen LogP contribution >= 0.6 is 0 Å². The normalized spacial score (nSPS) is 16.6. The number of alkyl halides is 1. The van der Waals surface area contributed by atoms with Gasteiger partial charge >= 0.3 is 0 Å². The zero-order chi connectivity index (χ0) is 27.6. The molecule has 2 aromatic carbocycles. The average molecular weight is 530 g/mol. The summed E-state index contributed by atoms with van der Waals surface area (Å²) in [4.78, 5) is 21.6. The molecule has 5 rings (SSSR count). The van der Waals surface area contributed by atoms with Gasteiger partial charge in [0.25, 0.3) is 5.91 Å². The Kier molecular flexibility index (Phi) is 7.43. The third-order valence-corrected chi connectivity index (χ3v) is 6.75. The van der Waals surface area contributed by atoms with Crippen molar-refractivity contribution in [2.45, 2.75) is 57.8 Å². The molecule has 2 unspecified atom stereocenters. The number of ether oxygens (including phenoxy) is 1. The van der Waals surface area contributed by atoms with Crippen LogP contribution in [0.3, 0.4) is 0 Å². The maximum absolute atomic E-state index is 14.7. The zero-order valence-corrected chi connectivity index (χ0v) is 22.3. The second-order valence-electron chi connectivity index (χ2n) is 10.5. The van der Waals surface area contributed by atoms with Gasteiger partial charge in [0.05, 0.1) is 12.2 Å². The van der Waals surface area contributed by atoms with Crippen molar-refractivity contribution in [3.8, 4) is 16.9 Å². The molecule has 9 heteroatoms. The van der Waals surface area contributed by atoms with Gasteiger partial charge in [0, 0.05) is 12.6 Å². The number of aromatic nitrogens is 4. The van der Waals surface area contributed by atoms with Crippen molar-refractivity contribution in [1.82, 2.24) is 19.7 Å². The molecule has 1 aliphatic rings. The van der Waals surface area contributed by atoms with Crippen LogP contribution in [0.2, 0.25) is 0 Å². The lowest BCUT2D eigenvalue weighted by Gasteiger charge is -2.17. The Labute approximate surface area is 226 Å². The van der Waals surface area contributed by atoms with E-state index in [1.165, 1.54) is 4.68 Å². The third-order valence-electron chi connectivity index (χ3n) is 6.75. The molecule has 0 saturated heterocycles. The molecule has 0 aliphatic carbocycles. The van der Waals surface area contributed by atoms with Crippen LogP contribution in [0.15, 0.2) is 66.9 Å². The number of benzene rings is 2. The lowest BCUT2D eigenvalue weighted by molar-refractivity contribution is 0.0641. The van der Waals surface area contributed by atoms with Crippen molar-refractivity contribution >= 4 is 11.7 Å². The van der Waals surface area contributed by atoms with E-state index in [0.29, 0.717) is 24.7 Å². The zero-order valence-electron chi connectivity index (χ0n) is 22.3. The van der Waals surface area contributed by atoms with Crippen LogP contribution in [0.1, 0.15) is 60.3 Å². The fourth-order valence-corrected chi connectivity index (χ4v) is 4.79. The molecule has 1 amide bonds. The summed E-state index contributed by atoms with van der Waals surface area (Å²) < 4.78 is 22.2.